The van der Waals surface area contributed by atoms with Crippen molar-refractivity contribution in [2.24, 2.45) is 0 Å². The van der Waals surface area contributed by atoms with E-state index in [2.05, 4.69) is 6.58 Å². The molecule has 0 aromatic heterocycles. The zero-order chi connectivity index (χ0) is 20.8. The van der Waals surface area contributed by atoms with Gasteiger partial charge in [-0.3, -0.25) is 19.3 Å². The highest BCUT2D eigenvalue weighted by Gasteiger charge is 2.34. The van der Waals surface area contributed by atoms with Gasteiger partial charge in [0.25, 0.3) is 17.7 Å². The number of allylic oxidation sites excluding steroid dienone is 1. The van der Waals surface area contributed by atoms with E-state index in [1.165, 1.54) is 11.0 Å². The summed E-state index contributed by atoms with van der Waals surface area (Å²) in [6.07, 6.45) is 4.83. The molecule has 0 radical (unpaired) electrons. The summed E-state index contributed by atoms with van der Waals surface area (Å²) in [7, 11) is 1.78. The average molecular weight is 399 g/mol. The number of imide groups is 1. The van der Waals surface area contributed by atoms with Gasteiger partial charge in [-0.2, -0.15) is 0 Å². The number of amides is 3. The maximum atomic E-state index is 12.4. The number of nitrogens with zero attached hydrogens (tertiary/aromatic N) is 2. The number of thioether (sulfide) groups is 1. The largest absolute Gasteiger partial charge is 0.337 e. The lowest BCUT2D eigenvalue weighted by molar-refractivity contribution is -0.136. The summed E-state index contributed by atoms with van der Waals surface area (Å²) < 4.78 is 0. The summed E-state index contributed by atoms with van der Waals surface area (Å²) in [5.74, 6) is 0.0714. The van der Waals surface area contributed by atoms with E-state index in [-0.39, 0.29) is 17.7 Å². The van der Waals surface area contributed by atoms with Crippen LogP contribution in [-0.4, -0.2) is 46.9 Å². The SMILES string of the molecule is C=CC1=C(/C=C\C)C(=O)N(CCSc2ccc3c(c2)CN(C)C3=O)C1=O.CC. The van der Waals surface area contributed by atoms with Crippen molar-refractivity contribution in [1.29, 1.82) is 0 Å². The maximum absolute atomic E-state index is 12.4. The van der Waals surface area contributed by atoms with E-state index < -0.39 is 0 Å². The molecule has 2 aliphatic rings. The first-order valence-corrected chi connectivity index (χ1v) is 10.3. The molecule has 1 aromatic carbocycles. The van der Waals surface area contributed by atoms with E-state index in [0.29, 0.717) is 30.0 Å². The minimum Gasteiger partial charge on any atom is -0.337 e. The molecular weight excluding hydrogens is 372 g/mol. The number of hydrogen-bond acceptors (Lipinski definition) is 4. The molecule has 0 spiro atoms. The minimum absolute atomic E-state index is 0.0457. The van der Waals surface area contributed by atoms with Crippen LogP contribution in [0.2, 0.25) is 0 Å². The second-order valence-corrected chi connectivity index (χ2v) is 7.29. The van der Waals surface area contributed by atoms with Crippen LogP contribution in [0.1, 0.15) is 36.7 Å². The van der Waals surface area contributed by atoms with Crippen LogP contribution in [0.5, 0.6) is 0 Å². The lowest BCUT2D eigenvalue weighted by atomic mass is 10.1. The molecule has 0 saturated heterocycles. The molecular formula is C22H26N2O3S. The summed E-state index contributed by atoms with van der Waals surface area (Å²) in [5, 5.41) is 0. The summed E-state index contributed by atoms with van der Waals surface area (Å²) in [5.41, 5.74) is 2.52. The Hall–Kier alpha value is -2.60. The number of carbonyl (C=O) groups excluding carboxylic acids is 3. The third-order valence-electron chi connectivity index (χ3n) is 4.42. The van der Waals surface area contributed by atoms with Gasteiger partial charge in [0, 0.05) is 36.3 Å². The lowest BCUT2D eigenvalue weighted by Crippen LogP contribution is -2.33. The van der Waals surface area contributed by atoms with E-state index in [9.17, 15) is 14.4 Å². The molecule has 5 nitrogen and oxygen atoms in total. The molecule has 0 bridgehead atoms. The van der Waals surface area contributed by atoms with Crippen LogP contribution in [0.3, 0.4) is 0 Å². The highest BCUT2D eigenvalue weighted by molar-refractivity contribution is 7.99. The van der Waals surface area contributed by atoms with Gasteiger partial charge in [0.05, 0.1) is 11.1 Å². The van der Waals surface area contributed by atoms with Crippen molar-refractivity contribution in [1.82, 2.24) is 9.80 Å². The second kappa shape index (κ2) is 9.55. The molecule has 1 aromatic rings. The van der Waals surface area contributed by atoms with Gasteiger partial charge in [-0.15, -0.1) is 11.8 Å². The fourth-order valence-electron chi connectivity index (χ4n) is 3.13. The van der Waals surface area contributed by atoms with Crippen LogP contribution in [0.4, 0.5) is 0 Å². The van der Waals surface area contributed by atoms with E-state index in [0.717, 1.165) is 16.0 Å². The molecule has 3 rings (SSSR count). The number of hydrogen-bond donors (Lipinski definition) is 0. The minimum atomic E-state index is -0.292. The predicted molar refractivity (Wildman–Crippen MR) is 113 cm³/mol. The van der Waals surface area contributed by atoms with Gasteiger partial charge >= 0.3 is 0 Å². The third-order valence-corrected chi connectivity index (χ3v) is 5.40. The van der Waals surface area contributed by atoms with Crippen molar-refractivity contribution < 1.29 is 14.4 Å². The molecule has 2 aliphatic heterocycles. The van der Waals surface area contributed by atoms with Gasteiger partial charge in [0.2, 0.25) is 0 Å². The molecule has 0 aliphatic carbocycles. The van der Waals surface area contributed by atoms with Crippen molar-refractivity contribution in [3.8, 4) is 0 Å². The summed E-state index contributed by atoms with van der Waals surface area (Å²) in [4.78, 5) is 40.7. The Labute approximate surface area is 170 Å². The first kappa shape index (κ1) is 21.7. The summed E-state index contributed by atoms with van der Waals surface area (Å²) in [6, 6.07) is 5.76. The predicted octanol–water partition coefficient (Wildman–Crippen LogP) is 3.82. The third kappa shape index (κ3) is 4.12. The molecule has 0 unspecified atom stereocenters. The molecule has 0 atom stereocenters. The van der Waals surface area contributed by atoms with Crippen molar-refractivity contribution in [2.45, 2.75) is 32.2 Å². The van der Waals surface area contributed by atoms with Crippen LogP contribution in [0.25, 0.3) is 0 Å². The van der Waals surface area contributed by atoms with Crippen LogP contribution < -0.4 is 0 Å². The first-order valence-electron chi connectivity index (χ1n) is 9.34. The molecule has 28 heavy (non-hydrogen) atoms. The smallest absolute Gasteiger partial charge is 0.261 e. The molecule has 148 valence electrons. The van der Waals surface area contributed by atoms with Gasteiger partial charge < -0.3 is 4.90 Å². The average Bonchev–Trinajstić information content (AvgIpc) is 3.11. The quantitative estimate of drug-likeness (QED) is 0.540. The van der Waals surface area contributed by atoms with Gasteiger partial charge in [-0.1, -0.05) is 38.7 Å². The Morgan fingerprint density at radius 1 is 1.11 bits per heavy atom. The van der Waals surface area contributed by atoms with Crippen LogP contribution in [0, 0.1) is 0 Å². The Morgan fingerprint density at radius 3 is 2.43 bits per heavy atom. The Balaban J connectivity index is 0.00000136. The normalized spacial score (nSPS) is 16.1. The van der Waals surface area contributed by atoms with Crippen molar-refractivity contribution in [2.75, 3.05) is 19.3 Å². The van der Waals surface area contributed by atoms with Crippen LogP contribution >= 0.6 is 11.8 Å². The zero-order valence-electron chi connectivity index (χ0n) is 16.8. The molecule has 3 amide bonds. The van der Waals surface area contributed by atoms with E-state index in [4.69, 9.17) is 0 Å². The van der Waals surface area contributed by atoms with Gasteiger partial charge in [-0.05, 0) is 30.7 Å². The summed E-state index contributed by atoms with van der Waals surface area (Å²) in [6.45, 7) is 10.4. The Kier molecular flexibility index (Phi) is 7.40. The Morgan fingerprint density at radius 2 is 1.79 bits per heavy atom. The standard InChI is InChI=1S/C20H20N2O3S.C2H6/c1-4-6-17-15(5-2)19(24)22(20(17)25)9-10-26-14-7-8-16-13(11-14)12-21(3)18(16)23;1-2/h4-8,11H,2,9-10,12H2,1,3H3;1-2H3/b6-4-;. The number of benzene rings is 1. The molecule has 0 N–H and O–H groups in total. The monoisotopic (exact) mass is 398 g/mol. The highest BCUT2D eigenvalue weighted by atomic mass is 32.2. The van der Waals surface area contributed by atoms with Crippen molar-refractivity contribution >= 4 is 29.5 Å². The van der Waals surface area contributed by atoms with Gasteiger partial charge in [-0.25, -0.2) is 0 Å². The lowest BCUT2D eigenvalue weighted by Gasteiger charge is -2.14. The summed E-state index contributed by atoms with van der Waals surface area (Å²) >= 11 is 1.56. The second-order valence-electron chi connectivity index (χ2n) is 6.12. The van der Waals surface area contributed by atoms with Crippen LogP contribution in [-0.2, 0) is 16.1 Å². The fraction of sp³-hybridized carbons (Fsp3) is 0.318. The highest BCUT2D eigenvalue weighted by Crippen LogP contribution is 2.28. The number of rotatable bonds is 6. The zero-order valence-corrected chi connectivity index (χ0v) is 17.6. The molecule has 0 saturated carbocycles. The van der Waals surface area contributed by atoms with Gasteiger partial charge in [0.15, 0.2) is 0 Å². The van der Waals surface area contributed by atoms with Crippen LogP contribution in [0.15, 0.2) is 59.0 Å². The molecule has 0 fully saturated rings. The first-order chi connectivity index (χ1) is 13.5. The topological polar surface area (TPSA) is 57.7 Å². The Bertz CT molecular complexity index is 871. The molecule has 6 heteroatoms. The van der Waals surface area contributed by atoms with E-state index in [1.54, 1.807) is 42.8 Å². The van der Waals surface area contributed by atoms with Gasteiger partial charge in [0.1, 0.15) is 0 Å². The fourth-order valence-corrected chi connectivity index (χ4v) is 4.03. The maximum Gasteiger partial charge on any atom is 0.261 e. The van der Waals surface area contributed by atoms with E-state index in [1.807, 2.05) is 32.0 Å². The molecule has 2 heterocycles. The number of fused-ring (bicyclic) bond motifs is 1. The van der Waals surface area contributed by atoms with E-state index >= 15 is 0 Å². The van der Waals surface area contributed by atoms with Crippen molar-refractivity contribution in [3.63, 3.8) is 0 Å². The number of carbonyl (C=O) groups is 3. The van der Waals surface area contributed by atoms with Crippen molar-refractivity contribution in [3.05, 3.63) is 65.3 Å².